The third-order valence-corrected chi connectivity index (χ3v) is 7.15. The van der Waals surface area contributed by atoms with E-state index < -0.39 is 58.4 Å². The highest BCUT2D eigenvalue weighted by Gasteiger charge is 2.44. The maximum atomic E-state index is 13.7. The number of primary amides is 1. The van der Waals surface area contributed by atoms with Crippen molar-refractivity contribution in [3.8, 4) is 11.1 Å². The molecule has 0 radical (unpaired) electrons. The number of pyridine rings is 1. The van der Waals surface area contributed by atoms with Crippen molar-refractivity contribution in [2.75, 3.05) is 5.32 Å². The second kappa shape index (κ2) is 10.1. The number of hydrogen-bond acceptors (Lipinski definition) is 8. The van der Waals surface area contributed by atoms with E-state index >= 15 is 0 Å². The van der Waals surface area contributed by atoms with Gasteiger partial charge in [0.25, 0.3) is 5.91 Å². The molecule has 41 heavy (non-hydrogen) atoms. The summed E-state index contributed by atoms with van der Waals surface area (Å²) in [5.74, 6) is -2.23. The lowest BCUT2D eigenvalue weighted by Crippen LogP contribution is -2.22. The summed E-state index contributed by atoms with van der Waals surface area (Å²) in [4.78, 5) is 38.1. The van der Waals surface area contributed by atoms with Crippen LogP contribution in [0.4, 0.5) is 37.7 Å². The molecule has 218 valence electrons. The number of rotatable bonds is 7. The number of aromatic nitrogens is 5. The summed E-state index contributed by atoms with van der Waals surface area (Å²) in [5.41, 5.74) is 0.649. The Hall–Kier alpha value is -4.55. The largest absolute Gasteiger partial charge is 0.442 e. The minimum Gasteiger partial charge on any atom is -0.365 e. The van der Waals surface area contributed by atoms with Crippen LogP contribution in [0.15, 0.2) is 12.3 Å². The summed E-state index contributed by atoms with van der Waals surface area (Å²) >= 11 is 0.467. The zero-order valence-corrected chi connectivity index (χ0v) is 22.0. The number of anilines is 1. The first-order valence-electron chi connectivity index (χ1n) is 11.4. The van der Waals surface area contributed by atoms with Crippen LogP contribution >= 0.6 is 11.3 Å². The van der Waals surface area contributed by atoms with Crippen molar-refractivity contribution >= 4 is 44.7 Å². The lowest BCUT2D eigenvalue weighted by Gasteiger charge is -2.12. The summed E-state index contributed by atoms with van der Waals surface area (Å²) in [7, 11) is 0. The number of fused-ring (bicyclic) bond motifs is 1. The minimum atomic E-state index is -5.20. The predicted molar refractivity (Wildman–Crippen MR) is 132 cm³/mol. The molecule has 0 unspecified atom stereocenters. The van der Waals surface area contributed by atoms with E-state index in [-0.39, 0.29) is 31.9 Å². The number of halogens is 6. The summed E-state index contributed by atoms with van der Waals surface area (Å²) in [6.07, 6.45) is -8.79. The molecule has 12 nitrogen and oxygen atoms in total. The highest BCUT2D eigenvalue weighted by molar-refractivity contribution is 7.21. The molecule has 4 aromatic heterocycles. The molecule has 0 aromatic carbocycles. The number of alkyl halides is 6. The fraction of sp³-hybridized carbons (Fsp3) is 0.318. The van der Waals surface area contributed by atoms with Gasteiger partial charge in [0.2, 0.25) is 11.6 Å². The molecule has 0 spiro atoms. The minimum absolute atomic E-state index is 0.0937. The van der Waals surface area contributed by atoms with Crippen molar-refractivity contribution < 1.29 is 40.9 Å². The fourth-order valence-corrected chi connectivity index (χ4v) is 5.20. The standard InChI is InChI=1S/C22H18F6N8O4S/c1-4-34-8(2)11(6-30-34)10-5-12(21(23,24)25)31-20-14(10)15(17(41-20)19(29)38)32-13(37)7-35-9(3)16(36(39)40)18(33-35)22(26,27)28/h5-6H,4,7H2,1-3H3,(H2,29,38)(H,32,37). The smallest absolute Gasteiger partial charge is 0.365 e. The molecular formula is C22H18F6N8O4S. The van der Waals surface area contributed by atoms with Crippen LogP contribution in [0.5, 0.6) is 0 Å². The number of nitrogens with two attached hydrogens (primary N) is 1. The predicted octanol–water partition coefficient (Wildman–Crippen LogP) is 4.68. The molecule has 0 aliphatic carbocycles. The third-order valence-electron chi connectivity index (χ3n) is 6.05. The monoisotopic (exact) mass is 604 g/mol. The van der Waals surface area contributed by atoms with Crippen LogP contribution in [-0.4, -0.2) is 41.3 Å². The maximum Gasteiger partial charge on any atom is 0.442 e. The number of aryl methyl sites for hydroxylation is 1. The maximum absolute atomic E-state index is 13.7. The first-order valence-corrected chi connectivity index (χ1v) is 12.2. The SMILES string of the molecule is CCn1ncc(-c2cc(C(F)(F)F)nc3sc(C(N)=O)c(NC(=O)Cn4nc(C(F)(F)F)c([N+](=O)[O-])c4C)c23)c1C. The first-order chi connectivity index (χ1) is 18.9. The lowest BCUT2D eigenvalue weighted by molar-refractivity contribution is -0.388. The number of hydrogen-bond donors (Lipinski definition) is 2. The van der Waals surface area contributed by atoms with E-state index in [0.717, 1.165) is 13.0 Å². The van der Waals surface area contributed by atoms with Crippen LogP contribution in [0.25, 0.3) is 21.3 Å². The van der Waals surface area contributed by atoms with Gasteiger partial charge in [0.15, 0.2) is 0 Å². The van der Waals surface area contributed by atoms with Gasteiger partial charge < -0.3 is 11.1 Å². The van der Waals surface area contributed by atoms with E-state index in [0.29, 0.717) is 28.3 Å². The molecule has 4 rings (SSSR count). The third kappa shape index (κ3) is 5.31. The van der Waals surface area contributed by atoms with Gasteiger partial charge in [-0.3, -0.25) is 29.1 Å². The van der Waals surface area contributed by atoms with E-state index in [1.807, 2.05) is 0 Å². The van der Waals surface area contributed by atoms with Gasteiger partial charge in [0, 0.05) is 23.2 Å². The highest BCUT2D eigenvalue weighted by atomic mass is 32.1. The zero-order chi connectivity index (χ0) is 30.6. The van der Waals surface area contributed by atoms with E-state index in [4.69, 9.17) is 5.73 Å². The number of nitrogens with zero attached hydrogens (tertiary/aromatic N) is 6. The summed E-state index contributed by atoms with van der Waals surface area (Å²) in [5, 5.41) is 20.8. The Morgan fingerprint density at radius 1 is 1.10 bits per heavy atom. The Kier molecular flexibility index (Phi) is 7.27. The van der Waals surface area contributed by atoms with Gasteiger partial charge in [0.05, 0.1) is 16.8 Å². The van der Waals surface area contributed by atoms with Crippen LogP contribution in [0, 0.1) is 24.0 Å². The quantitative estimate of drug-likeness (QED) is 0.176. The van der Waals surface area contributed by atoms with Gasteiger partial charge in [-0.2, -0.15) is 36.5 Å². The Morgan fingerprint density at radius 3 is 2.24 bits per heavy atom. The van der Waals surface area contributed by atoms with E-state index in [1.165, 1.54) is 10.9 Å². The second-order valence-electron chi connectivity index (χ2n) is 8.61. The number of amides is 2. The number of thiophene rings is 1. The van der Waals surface area contributed by atoms with Crippen LogP contribution in [0.3, 0.4) is 0 Å². The number of carbonyl (C=O) groups excluding carboxylic acids is 2. The van der Waals surface area contributed by atoms with Crippen molar-refractivity contribution in [3.05, 3.63) is 50.0 Å². The molecule has 0 bridgehead atoms. The number of nitrogens with one attached hydrogen (secondary N) is 1. The summed E-state index contributed by atoms with van der Waals surface area (Å²) < 4.78 is 83.1. The first kappa shape index (κ1) is 29.4. The van der Waals surface area contributed by atoms with E-state index in [1.54, 1.807) is 13.8 Å². The summed E-state index contributed by atoms with van der Waals surface area (Å²) in [6, 6.07) is 0.718. The van der Waals surface area contributed by atoms with Gasteiger partial charge in [0.1, 0.15) is 27.6 Å². The molecule has 0 fully saturated rings. The second-order valence-corrected chi connectivity index (χ2v) is 9.61. The molecule has 0 atom stereocenters. The Balaban J connectivity index is 1.88. The van der Waals surface area contributed by atoms with Gasteiger partial charge in [-0.25, -0.2) is 4.98 Å². The zero-order valence-electron chi connectivity index (χ0n) is 21.1. The van der Waals surface area contributed by atoms with Gasteiger partial charge >= 0.3 is 18.0 Å². The highest BCUT2D eigenvalue weighted by Crippen LogP contribution is 2.44. The Morgan fingerprint density at radius 2 is 1.76 bits per heavy atom. The molecule has 0 aliphatic heterocycles. The van der Waals surface area contributed by atoms with Crippen LogP contribution < -0.4 is 11.1 Å². The molecule has 4 aromatic rings. The van der Waals surface area contributed by atoms with Crippen molar-refractivity contribution in [1.82, 2.24) is 24.5 Å². The molecule has 0 saturated carbocycles. The molecule has 2 amide bonds. The lowest BCUT2D eigenvalue weighted by atomic mass is 10.0. The van der Waals surface area contributed by atoms with Crippen LogP contribution in [0.2, 0.25) is 0 Å². The molecule has 4 heterocycles. The van der Waals surface area contributed by atoms with E-state index in [9.17, 15) is 46.0 Å². The van der Waals surface area contributed by atoms with E-state index in [2.05, 4.69) is 20.5 Å². The van der Waals surface area contributed by atoms with Gasteiger partial charge in [-0.1, -0.05) is 0 Å². The molecule has 3 N–H and O–H groups in total. The van der Waals surface area contributed by atoms with Gasteiger partial charge in [-0.15, -0.1) is 11.3 Å². The molecular weight excluding hydrogens is 586 g/mol. The molecule has 0 saturated heterocycles. The van der Waals surface area contributed by atoms with Crippen LogP contribution in [0.1, 0.15) is 39.4 Å². The molecule has 19 heteroatoms. The van der Waals surface area contributed by atoms with Crippen molar-refractivity contribution in [1.29, 1.82) is 0 Å². The molecule has 0 aliphatic rings. The summed E-state index contributed by atoms with van der Waals surface area (Å²) in [6.45, 7) is 3.70. The van der Waals surface area contributed by atoms with Gasteiger partial charge in [-0.05, 0) is 32.4 Å². The number of carbonyl (C=O) groups is 2. The normalized spacial score (nSPS) is 12.2. The Labute approximate surface area is 228 Å². The average molecular weight is 604 g/mol. The van der Waals surface area contributed by atoms with Crippen molar-refractivity contribution in [2.45, 2.75) is 46.2 Å². The van der Waals surface area contributed by atoms with Crippen molar-refractivity contribution in [3.63, 3.8) is 0 Å². The fourth-order valence-electron chi connectivity index (χ4n) is 4.19. The Bertz CT molecular complexity index is 1720. The number of nitro groups is 1. The van der Waals surface area contributed by atoms with Crippen LogP contribution in [-0.2, 0) is 30.2 Å². The topological polar surface area (TPSA) is 164 Å². The average Bonchev–Trinajstić information content (AvgIpc) is 3.51. The van der Waals surface area contributed by atoms with Crippen molar-refractivity contribution in [2.24, 2.45) is 5.73 Å².